The van der Waals surface area contributed by atoms with Crippen molar-refractivity contribution in [2.24, 2.45) is 5.41 Å². The second-order valence-electron chi connectivity index (χ2n) is 3.20. The van der Waals surface area contributed by atoms with Crippen LogP contribution < -0.4 is 0 Å². The molecule has 0 radical (unpaired) electrons. The van der Waals surface area contributed by atoms with Crippen molar-refractivity contribution in [2.75, 3.05) is 0 Å². The fourth-order valence-corrected chi connectivity index (χ4v) is 1.07. The van der Waals surface area contributed by atoms with Crippen molar-refractivity contribution in [1.29, 1.82) is 0 Å². The third kappa shape index (κ3) is 1.02. The average Bonchev–Trinajstić information content (AvgIpc) is 1.79. The van der Waals surface area contributed by atoms with Gasteiger partial charge in [0.1, 0.15) is 11.6 Å². The molecule has 0 bridgehead atoms. The molecule has 0 aromatic rings. The van der Waals surface area contributed by atoms with Crippen molar-refractivity contribution in [2.45, 2.75) is 26.7 Å². The Balaban J connectivity index is 2.81. The normalized spacial score (nSPS) is 25.1. The van der Waals surface area contributed by atoms with Gasteiger partial charge in [0.05, 0.1) is 6.42 Å². The molecule has 0 aromatic heterocycles. The minimum absolute atomic E-state index is 0.0880. The molecule has 1 aliphatic rings. The number of ketones is 2. The summed E-state index contributed by atoms with van der Waals surface area (Å²) >= 11 is 0. The Labute approximate surface area is 54.2 Å². The zero-order valence-corrected chi connectivity index (χ0v) is 5.73. The maximum absolute atomic E-state index is 10.9. The van der Waals surface area contributed by atoms with Gasteiger partial charge in [-0.25, -0.2) is 0 Å². The minimum atomic E-state index is -0.364. The first-order valence-electron chi connectivity index (χ1n) is 3.07. The average molecular weight is 126 g/mol. The second-order valence-corrected chi connectivity index (χ2v) is 3.20. The largest absolute Gasteiger partial charge is 0.299 e. The van der Waals surface area contributed by atoms with Gasteiger partial charge in [0.15, 0.2) is 0 Å². The van der Waals surface area contributed by atoms with E-state index in [1.165, 1.54) is 0 Å². The van der Waals surface area contributed by atoms with E-state index in [-0.39, 0.29) is 23.4 Å². The summed E-state index contributed by atoms with van der Waals surface area (Å²) in [7, 11) is 0. The lowest BCUT2D eigenvalue weighted by molar-refractivity contribution is -0.124. The van der Waals surface area contributed by atoms with Crippen molar-refractivity contribution in [1.82, 2.24) is 0 Å². The summed E-state index contributed by atoms with van der Waals surface area (Å²) in [4.78, 5) is 21.5. The number of rotatable bonds is 0. The summed E-state index contributed by atoms with van der Waals surface area (Å²) in [6, 6.07) is 0. The SMILES string of the molecule is CC1(C)CC(=O)CC1=O. The number of Topliss-reactive ketones (excluding diaryl/α,β-unsaturated/α-hetero) is 2. The van der Waals surface area contributed by atoms with E-state index in [9.17, 15) is 9.59 Å². The molecular formula is C7H10O2. The lowest BCUT2D eigenvalue weighted by atomic mass is 9.91. The Bertz CT molecular complexity index is 168. The number of hydrogen-bond donors (Lipinski definition) is 0. The highest BCUT2D eigenvalue weighted by Gasteiger charge is 2.37. The predicted molar refractivity (Wildman–Crippen MR) is 33.0 cm³/mol. The van der Waals surface area contributed by atoms with Crippen molar-refractivity contribution in [3.8, 4) is 0 Å². The molecule has 0 saturated heterocycles. The van der Waals surface area contributed by atoms with Crippen molar-refractivity contribution < 1.29 is 9.59 Å². The van der Waals surface area contributed by atoms with E-state index in [0.717, 1.165) is 0 Å². The van der Waals surface area contributed by atoms with Crippen LogP contribution in [0.15, 0.2) is 0 Å². The third-order valence-electron chi connectivity index (χ3n) is 1.75. The van der Waals surface area contributed by atoms with E-state index < -0.39 is 0 Å². The topological polar surface area (TPSA) is 34.1 Å². The van der Waals surface area contributed by atoms with Gasteiger partial charge in [-0.1, -0.05) is 13.8 Å². The molecule has 0 aliphatic heterocycles. The zero-order valence-electron chi connectivity index (χ0n) is 5.73. The first kappa shape index (κ1) is 6.46. The molecule has 1 rings (SSSR count). The van der Waals surface area contributed by atoms with Crippen LogP contribution in [0.2, 0.25) is 0 Å². The molecule has 1 aliphatic carbocycles. The molecular weight excluding hydrogens is 116 g/mol. The predicted octanol–water partition coefficient (Wildman–Crippen LogP) is 0.945. The third-order valence-corrected chi connectivity index (χ3v) is 1.75. The maximum Gasteiger partial charge on any atom is 0.146 e. The van der Waals surface area contributed by atoms with Crippen LogP contribution in [0.5, 0.6) is 0 Å². The Hall–Kier alpha value is -0.660. The van der Waals surface area contributed by atoms with E-state index in [4.69, 9.17) is 0 Å². The fraction of sp³-hybridized carbons (Fsp3) is 0.714. The Kier molecular flexibility index (Phi) is 1.19. The zero-order chi connectivity index (χ0) is 7.07. The summed E-state index contributed by atoms with van der Waals surface area (Å²) in [5.41, 5.74) is -0.364. The van der Waals surface area contributed by atoms with Gasteiger partial charge in [0, 0.05) is 11.8 Å². The summed E-state index contributed by atoms with van der Waals surface area (Å²) < 4.78 is 0. The highest BCUT2D eigenvalue weighted by atomic mass is 16.2. The van der Waals surface area contributed by atoms with Gasteiger partial charge in [0.2, 0.25) is 0 Å². The maximum atomic E-state index is 10.9. The van der Waals surface area contributed by atoms with Gasteiger partial charge in [-0.05, 0) is 0 Å². The van der Waals surface area contributed by atoms with E-state index in [0.29, 0.717) is 6.42 Å². The molecule has 0 amide bonds. The quantitative estimate of drug-likeness (QED) is 0.453. The van der Waals surface area contributed by atoms with E-state index >= 15 is 0 Å². The summed E-state index contributed by atoms with van der Waals surface area (Å²) in [6.07, 6.45) is 0.596. The Morgan fingerprint density at radius 3 is 2.00 bits per heavy atom. The molecule has 0 aromatic carbocycles. The first-order chi connectivity index (χ1) is 4.02. The highest BCUT2D eigenvalue weighted by Crippen LogP contribution is 2.30. The molecule has 0 N–H and O–H groups in total. The highest BCUT2D eigenvalue weighted by molar-refractivity contribution is 6.08. The lowest BCUT2D eigenvalue weighted by Gasteiger charge is -2.10. The molecule has 2 heteroatoms. The summed E-state index contributed by atoms with van der Waals surface area (Å²) in [6.45, 7) is 3.64. The van der Waals surface area contributed by atoms with Crippen molar-refractivity contribution in [3.63, 3.8) is 0 Å². The molecule has 1 saturated carbocycles. The van der Waals surface area contributed by atoms with E-state index in [1.54, 1.807) is 0 Å². The van der Waals surface area contributed by atoms with Gasteiger partial charge in [0.25, 0.3) is 0 Å². The second kappa shape index (κ2) is 1.66. The van der Waals surface area contributed by atoms with Gasteiger partial charge >= 0.3 is 0 Å². The van der Waals surface area contributed by atoms with Crippen LogP contribution in [0, 0.1) is 5.41 Å². The van der Waals surface area contributed by atoms with E-state index in [2.05, 4.69) is 0 Å². The van der Waals surface area contributed by atoms with E-state index in [1.807, 2.05) is 13.8 Å². The number of hydrogen-bond acceptors (Lipinski definition) is 2. The van der Waals surface area contributed by atoms with Crippen LogP contribution in [0.3, 0.4) is 0 Å². The molecule has 50 valence electrons. The Morgan fingerprint density at radius 1 is 1.33 bits per heavy atom. The van der Waals surface area contributed by atoms with Gasteiger partial charge in [-0.2, -0.15) is 0 Å². The molecule has 1 fully saturated rings. The van der Waals surface area contributed by atoms with Crippen LogP contribution >= 0.6 is 0 Å². The van der Waals surface area contributed by atoms with Gasteiger partial charge in [-0.3, -0.25) is 9.59 Å². The van der Waals surface area contributed by atoms with Crippen LogP contribution in [-0.2, 0) is 9.59 Å². The molecule has 9 heavy (non-hydrogen) atoms. The molecule has 2 nitrogen and oxygen atoms in total. The lowest BCUT2D eigenvalue weighted by Crippen LogP contribution is -2.15. The minimum Gasteiger partial charge on any atom is -0.299 e. The monoisotopic (exact) mass is 126 g/mol. The number of carbonyl (C=O) groups is 2. The van der Waals surface area contributed by atoms with Crippen LogP contribution in [0.1, 0.15) is 26.7 Å². The molecule has 0 unspecified atom stereocenters. The van der Waals surface area contributed by atoms with Crippen LogP contribution in [-0.4, -0.2) is 11.6 Å². The Morgan fingerprint density at radius 2 is 1.89 bits per heavy atom. The smallest absolute Gasteiger partial charge is 0.146 e. The molecule has 0 atom stereocenters. The van der Waals surface area contributed by atoms with Crippen LogP contribution in [0.25, 0.3) is 0 Å². The first-order valence-corrected chi connectivity index (χ1v) is 3.07. The standard InChI is InChI=1S/C7H10O2/c1-7(2)4-5(8)3-6(7)9/h3-4H2,1-2H3. The van der Waals surface area contributed by atoms with Crippen LogP contribution in [0.4, 0.5) is 0 Å². The van der Waals surface area contributed by atoms with Crippen molar-refractivity contribution in [3.05, 3.63) is 0 Å². The van der Waals surface area contributed by atoms with Crippen molar-refractivity contribution >= 4 is 11.6 Å². The summed E-state index contributed by atoms with van der Waals surface area (Å²) in [5.74, 6) is 0.178. The summed E-state index contributed by atoms with van der Waals surface area (Å²) in [5, 5.41) is 0. The fourth-order valence-electron chi connectivity index (χ4n) is 1.07. The molecule has 0 spiro atoms. The van der Waals surface area contributed by atoms with Gasteiger partial charge < -0.3 is 0 Å². The number of carbonyl (C=O) groups excluding carboxylic acids is 2. The molecule has 0 heterocycles. The van der Waals surface area contributed by atoms with Gasteiger partial charge in [-0.15, -0.1) is 0 Å².